The molecule has 3 rings (SSSR count). The number of hydrogen-bond acceptors (Lipinski definition) is 4. The number of carbonyl (C=O) groups excluding carboxylic acids is 1. The molecule has 1 saturated heterocycles. The van der Waals surface area contributed by atoms with E-state index in [9.17, 15) is 9.59 Å². The number of nitrogens with one attached hydrogen (secondary N) is 1. The summed E-state index contributed by atoms with van der Waals surface area (Å²) < 4.78 is 0. The molecule has 1 aliphatic rings. The molecular weight excluding hydrogens is 266 g/mol. The van der Waals surface area contributed by atoms with Crippen LogP contribution in [0.4, 0.5) is 5.82 Å². The van der Waals surface area contributed by atoms with Crippen molar-refractivity contribution in [3.8, 4) is 0 Å². The fourth-order valence-corrected chi connectivity index (χ4v) is 2.98. The van der Waals surface area contributed by atoms with Crippen LogP contribution in [0.1, 0.15) is 28.8 Å². The normalized spacial score (nSPS) is 15.7. The highest BCUT2D eigenvalue weighted by atomic mass is 16.1. The third-order valence-electron chi connectivity index (χ3n) is 4.05. The number of nitrogens with two attached hydrogens (primary N) is 1. The Hall–Kier alpha value is -2.14. The summed E-state index contributed by atoms with van der Waals surface area (Å²) in [4.78, 5) is 29.3. The lowest BCUT2D eigenvalue weighted by Gasteiger charge is -2.15. The number of Topliss-reactive ketones (excluding diaryl/α,β-unsaturated/α-hetero) is 1. The quantitative estimate of drug-likeness (QED) is 0.841. The van der Waals surface area contributed by atoms with E-state index >= 15 is 0 Å². The van der Waals surface area contributed by atoms with Gasteiger partial charge in [0.1, 0.15) is 5.82 Å². The number of rotatable bonds is 3. The van der Waals surface area contributed by atoms with E-state index in [-0.39, 0.29) is 17.2 Å². The minimum Gasteiger partial charge on any atom is -0.385 e. The average molecular weight is 285 g/mol. The van der Waals surface area contributed by atoms with Gasteiger partial charge in [-0.25, -0.2) is 0 Å². The Bertz CT molecular complexity index is 758. The zero-order valence-corrected chi connectivity index (χ0v) is 12.1. The summed E-state index contributed by atoms with van der Waals surface area (Å²) in [5, 5.41) is 1.17. The molecule has 0 saturated carbocycles. The Morgan fingerprint density at radius 2 is 2.00 bits per heavy atom. The summed E-state index contributed by atoms with van der Waals surface area (Å²) in [7, 11) is 0. The number of fused-ring (bicyclic) bond motifs is 1. The van der Waals surface area contributed by atoms with Gasteiger partial charge in [-0.05, 0) is 38.9 Å². The van der Waals surface area contributed by atoms with E-state index in [1.807, 2.05) is 19.1 Å². The Labute approximate surface area is 122 Å². The van der Waals surface area contributed by atoms with Gasteiger partial charge in [0.15, 0.2) is 5.78 Å². The van der Waals surface area contributed by atoms with Gasteiger partial charge in [-0.3, -0.25) is 14.5 Å². The maximum Gasteiger partial charge on any atom is 0.257 e. The van der Waals surface area contributed by atoms with E-state index < -0.39 is 0 Å². The standard InChI is InChI=1S/C16H19N3O2/c1-10-4-5-11-12(8-10)16(21)18-15(17)14(11)13(20)9-19-6-2-3-7-19/h4-5,8H,2-3,6-7,9H2,1H3,(H3,17,18,21). The van der Waals surface area contributed by atoms with Gasteiger partial charge in [0.25, 0.3) is 5.56 Å². The van der Waals surface area contributed by atoms with E-state index in [2.05, 4.69) is 9.88 Å². The molecular formula is C16H19N3O2. The summed E-state index contributed by atoms with van der Waals surface area (Å²) in [5.74, 6) is 0.139. The molecule has 3 N–H and O–H groups in total. The molecule has 0 radical (unpaired) electrons. The Morgan fingerprint density at radius 1 is 1.29 bits per heavy atom. The maximum absolute atomic E-state index is 12.6. The predicted molar refractivity (Wildman–Crippen MR) is 83.7 cm³/mol. The first kappa shape index (κ1) is 13.8. The lowest BCUT2D eigenvalue weighted by Crippen LogP contribution is -2.28. The van der Waals surface area contributed by atoms with Crippen LogP contribution in [0, 0.1) is 6.92 Å². The number of aromatic amines is 1. The van der Waals surface area contributed by atoms with Crippen molar-refractivity contribution >= 4 is 22.4 Å². The van der Waals surface area contributed by atoms with Crippen LogP contribution in [0.25, 0.3) is 10.8 Å². The summed E-state index contributed by atoms with van der Waals surface area (Å²) in [6.07, 6.45) is 2.27. The summed E-state index contributed by atoms with van der Waals surface area (Å²) in [5.41, 5.74) is 7.08. The zero-order valence-electron chi connectivity index (χ0n) is 12.1. The number of H-pyrrole nitrogens is 1. The van der Waals surface area contributed by atoms with Crippen LogP contribution in [0.15, 0.2) is 23.0 Å². The lowest BCUT2D eigenvalue weighted by atomic mass is 10.0. The fourth-order valence-electron chi connectivity index (χ4n) is 2.98. The minimum absolute atomic E-state index is 0.0282. The highest BCUT2D eigenvalue weighted by molar-refractivity contribution is 6.12. The van der Waals surface area contributed by atoms with E-state index in [0.717, 1.165) is 31.5 Å². The first-order chi connectivity index (χ1) is 10.1. The number of carbonyl (C=O) groups is 1. The van der Waals surface area contributed by atoms with Crippen molar-refractivity contribution in [3.05, 3.63) is 39.7 Å². The molecule has 0 bridgehead atoms. The SMILES string of the molecule is Cc1ccc2c(C(=O)CN3CCCC3)c(N)[nH]c(=O)c2c1. The number of nitrogen functional groups attached to an aromatic ring is 1. The van der Waals surface area contributed by atoms with Gasteiger partial charge >= 0.3 is 0 Å². The Morgan fingerprint density at radius 3 is 2.71 bits per heavy atom. The van der Waals surface area contributed by atoms with Gasteiger partial charge < -0.3 is 10.7 Å². The molecule has 5 nitrogen and oxygen atoms in total. The number of nitrogens with zero attached hydrogens (tertiary/aromatic N) is 1. The van der Waals surface area contributed by atoms with Crippen molar-refractivity contribution < 1.29 is 4.79 Å². The number of aromatic nitrogens is 1. The molecule has 1 aromatic carbocycles. The number of ketones is 1. The first-order valence-corrected chi connectivity index (χ1v) is 7.24. The molecule has 0 aliphatic carbocycles. The molecule has 0 spiro atoms. The van der Waals surface area contributed by atoms with Crippen LogP contribution < -0.4 is 11.3 Å². The third kappa shape index (κ3) is 2.56. The van der Waals surface area contributed by atoms with Crippen LogP contribution in [0.5, 0.6) is 0 Å². The second-order valence-electron chi connectivity index (χ2n) is 5.70. The average Bonchev–Trinajstić information content (AvgIpc) is 2.92. The van der Waals surface area contributed by atoms with Crippen molar-refractivity contribution in [2.45, 2.75) is 19.8 Å². The summed E-state index contributed by atoms with van der Waals surface area (Å²) in [6.45, 7) is 4.18. The molecule has 2 aromatic rings. The van der Waals surface area contributed by atoms with E-state index in [1.54, 1.807) is 6.07 Å². The van der Waals surface area contributed by atoms with Crippen molar-refractivity contribution in [1.82, 2.24) is 9.88 Å². The molecule has 2 heterocycles. The lowest BCUT2D eigenvalue weighted by molar-refractivity contribution is 0.0947. The van der Waals surface area contributed by atoms with Crippen LogP contribution in [0.3, 0.4) is 0 Å². The highest BCUT2D eigenvalue weighted by Crippen LogP contribution is 2.22. The van der Waals surface area contributed by atoms with Crippen LogP contribution >= 0.6 is 0 Å². The van der Waals surface area contributed by atoms with Crippen LogP contribution in [-0.2, 0) is 0 Å². The maximum atomic E-state index is 12.6. The largest absolute Gasteiger partial charge is 0.385 e. The van der Waals surface area contributed by atoms with Crippen molar-refractivity contribution in [2.75, 3.05) is 25.4 Å². The number of benzene rings is 1. The number of likely N-dealkylation sites (tertiary alicyclic amines) is 1. The van der Waals surface area contributed by atoms with Gasteiger partial charge in [-0.15, -0.1) is 0 Å². The topological polar surface area (TPSA) is 79.2 Å². The minimum atomic E-state index is -0.246. The van der Waals surface area contributed by atoms with Crippen LogP contribution in [0.2, 0.25) is 0 Å². The number of aryl methyl sites for hydroxylation is 1. The first-order valence-electron chi connectivity index (χ1n) is 7.24. The molecule has 0 amide bonds. The molecule has 1 fully saturated rings. The monoisotopic (exact) mass is 285 g/mol. The van der Waals surface area contributed by atoms with Gasteiger partial charge in [-0.1, -0.05) is 17.7 Å². The number of pyridine rings is 1. The summed E-state index contributed by atoms with van der Waals surface area (Å²) in [6, 6.07) is 5.50. The van der Waals surface area contributed by atoms with Gasteiger partial charge in [-0.2, -0.15) is 0 Å². The zero-order chi connectivity index (χ0) is 15.0. The molecule has 0 atom stereocenters. The molecule has 1 aliphatic heterocycles. The van der Waals surface area contributed by atoms with Gasteiger partial charge in [0.2, 0.25) is 0 Å². The third-order valence-corrected chi connectivity index (χ3v) is 4.05. The Kier molecular flexibility index (Phi) is 3.51. The molecule has 5 heteroatoms. The molecule has 21 heavy (non-hydrogen) atoms. The molecule has 0 unspecified atom stereocenters. The highest BCUT2D eigenvalue weighted by Gasteiger charge is 2.21. The fraction of sp³-hybridized carbons (Fsp3) is 0.375. The second kappa shape index (κ2) is 5.33. The molecule has 1 aromatic heterocycles. The van der Waals surface area contributed by atoms with Crippen LogP contribution in [-0.4, -0.2) is 35.3 Å². The van der Waals surface area contributed by atoms with Crippen molar-refractivity contribution in [2.24, 2.45) is 0 Å². The number of anilines is 1. The van der Waals surface area contributed by atoms with E-state index in [1.165, 1.54) is 0 Å². The second-order valence-corrected chi connectivity index (χ2v) is 5.70. The van der Waals surface area contributed by atoms with Gasteiger partial charge in [0, 0.05) is 10.8 Å². The van der Waals surface area contributed by atoms with Crippen molar-refractivity contribution in [3.63, 3.8) is 0 Å². The van der Waals surface area contributed by atoms with Crippen molar-refractivity contribution in [1.29, 1.82) is 0 Å². The molecule has 110 valence electrons. The van der Waals surface area contributed by atoms with E-state index in [0.29, 0.717) is 22.9 Å². The predicted octanol–water partition coefficient (Wildman–Crippen LogP) is 1.70. The summed E-state index contributed by atoms with van der Waals surface area (Å²) >= 11 is 0. The van der Waals surface area contributed by atoms with E-state index in [4.69, 9.17) is 5.73 Å². The smallest absolute Gasteiger partial charge is 0.257 e. The Balaban J connectivity index is 2.08. The number of hydrogen-bond donors (Lipinski definition) is 2. The van der Waals surface area contributed by atoms with Gasteiger partial charge in [0.05, 0.1) is 12.1 Å².